The number of aryl methyl sites for hydroxylation is 2. The number of hydrogen-bond acceptors (Lipinski definition) is 5. The molecule has 3 aromatic rings. The van der Waals surface area contributed by atoms with Gasteiger partial charge >= 0.3 is 0 Å². The molecule has 2 aromatic heterocycles. The minimum atomic E-state index is -0.752. The van der Waals surface area contributed by atoms with Crippen LogP contribution in [0.3, 0.4) is 0 Å². The van der Waals surface area contributed by atoms with E-state index in [4.69, 9.17) is 4.52 Å². The average Bonchev–Trinajstić information content (AvgIpc) is 2.96. The molecule has 0 saturated heterocycles. The van der Waals surface area contributed by atoms with Crippen LogP contribution in [0.2, 0.25) is 0 Å². The summed E-state index contributed by atoms with van der Waals surface area (Å²) in [6.45, 7) is 3.47. The number of nitrogens with one attached hydrogen (secondary N) is 1. The van der Waals surface area contributed by atoms with E-state index in [2.05, 4.69) is 15.5 Å². The van der Waals surface area contributed by atoms with Crippen molar-refractivity contribution in [2.24, 2.45) is 0 Å². The van der Waals surface area contributed by atoms with E-state index in [0.29, 0.717) is 21.7 Å². The molecule has 0 aliphatic carbocycles. The summed E-state index contributed by atoms with van der Waals surface area (Å²) in [4.78, 5) is 16.0. The number of carbonyl (C=O) groups excluding carboxylic acids is 1. The van der Waals surface area contributed by atoms with Gasteiger partial charge in [0.25, 0.3) is 0 Å². The van der Waals surface area contributed by atoms with Gasteiger partial charge in [-0.05, 0) is 19.9 Å². The van der Waals surface area contributed by atoms with E-state index in [1.807, 2.05) is 0 Å². The Labute approximate surface area is 127 Å². The Kier molecular flexibility index (Phi) is 3.61. The van der Waals surface area contributed by atoms with Crippen LogP contribution >= 0.6 is 11.3 Å². The van der Waals surface area contributed by atoms with Gasteiger partial charge in [0, 0.05) is 11.6 Å². The summed E-state index contributed by atoms with van der Waals surface area (Å²) < 4.78 is 32.1. The fraction of sp³-hybridized carbons (Fsp3) is 0.214. The van der Waals surface area contributed by atoms with Gasteiger partial charge in [0.1, 0.15) is 17.1 Å². The molecule has 114 valence electrons. The second-order valence-corrected chi connectivity index (χ2v) is 5.81. The van der Waals surface area contributed by atoms with Crippen LogP contribution in [0.15, 0.2) is 16.7 Å². The van der Waals surface area contributed by atoms with Crippen LogP contribution in [0.5, 0.6) is 0 Å². The first kappa shape index (κ1) is 14.6. The molecule has 0 spiro atoms. The fourth-order valence-electron chi connectivity index (χ4n) is 2.09. The van der Waals surface area contributed by atoms with Gasteiger partial charge in [0.15, 0.2) is 10.9 Å². The first-order valence-electron chi connectivity index (χ1n) is 6.41. The van der Waals surface area contributed by atoms with Gasteiger partial charge in [-0.25, -0.2) is 13.8 Å². The number of fused-ring (bicyclic) bond motifs is 1. The Bertz CT molecular complexity index is 853. The number of hydrogen-bond donors (Lipinski definition) is 1. The third kappa shape index (κ3) is 2.69. The number of benzene rings is 1. The number of thiazole rings is 1. The zero-order chi connectivity index (χ0) is 15.9. The van der Waals surface area contributed by atoms with Crippen molar-refractivity contribution in [3.63, 3.8) is 0 Å². The first-order chi connectivity index (χ1) is 10.4. The Morgan fingerprint density at radius 1 is 1.36 bits per heavy atom. The number of amides is 1. The minimum Gasteiger partial charge on any atom is -0.361 e. The maximum atomic E-state index is 13.6. The Hall–Kier alpha value is -2.35. The highest BCUT2D eigenvalue weighted by Crippen LogP contribution is 2.28. The average molecular weight is 323 g/mol. The van der Waals surface area contributed by atoms with Gasteiger partial charge in [-0.15, -0.1) is 0 Å². The Balaban J connectivity index is 1.81. The number of halogens is 2. The predicted octanol–water partition coefficient (Wildman–Crippen LogP) is 3.36. The molecule has 0 aliphatic rings. The zero-order valence-corrected chi connectivity index (χ0v) is 12.6. The van der Waals surface area contributed by atoms with E-state index >= 15 is 0 Å². The molecule has 3 rings (SSSR count). The number of rotatable bonds is 3. The van der Waals surface area contributed by atoms with E-state index in [1.54, 1.807) is 13.8 Å². The van der Waals surface area contributed by atoms with Crippen molar-refractivity contribution < 1.29 is 18.1 Å². The molecule has 5 nitrogen and oxygen atoms in total. The molecular formula is C14H11F2N3O2S. The van der Waals surface area contributed by atoms with Crippen LogP contribution in [0.4, 0.5) is 13.9 Å². The van der Waals surface area contributed by atoms with E-state index in [-0.39, 0.29) is 23.0 Å². The summed E-state index contributed by atoms with van der Waals surface area (Å²) in [6.07, 6.45) is 0.0773. The molecule has 0 bridgehead atoms. The SMILES string of the molecule is Cc1noc(C)c1CC(=O)Nc1nc2c(F)cc(F)cc2s1. The molecule has 0 fully saturated rings. The maximum Gasteiger partial charge on any atom is 0.230 e. The van der Waals surface area contributed by atoms with Gasteiger partial charge in [0.2, 0.25) is 5.91 Å². The van der Waals surface area contributed by atoms with E-state index in [1.165, 1.54) is 6.07 Å². The zero-order valence-electron chi connectivity index (χ0n) is 11.7. The fourth-order valence-corrected chi connectivity index (χ4v) is 3.01. The van der Waals surface area contributed by atoms with Crippen molar-refractivity contribution in [3.05, 3.63) is 40.8 Å². The van der Waals surface area contributed by atoms with Gasteiger partial charge < -0.3 is 9.84 Å². The predicted molar refractivity (Wildman–Crippen MR) is 77.8 cm³/mol. The highest BCUT2D eigenvalue weighted by molar-refractivity contribution is 7.22. The molecule has 1 aromatic carbocycles. The van der Waals surface area contributed by atoms with Crippen LogP contribution in [0.1, 0.15) is 17.0 Å². The van der Waals surface area contributed by atoms with Crippen molar-refractivity contribution in [2.45, 2.75) is 20.3 Å². The lowest BCUT2D eigenvalue weighted by atomic mass is 10.1. The van der Waals surface area contributed by atoms with Crippen LogP contribution in [0, 0.1) is 25.5 Å². The van der Waals surface area contributed by atoms with Crippen molar-refractivity contribution in [3.8, 4) is 0 Å². The monoisotopic (exact) mass is 323 g/mol. The summed E-state index contributed by atoms with van der Waals surface area (Å²) in [6, 6.07) is 1.94. The molecule has 0 atom stereocenters. The number of anilines is 1. The molecule has 22 heavy (non-hydrogen) atoms. The van der Waals surface area contributed by atoms with Crippen LogP contribution in [0.25, 0.3) is 10.2 Å². The topological polar surface area (TPSA) is 68.0 Å². The molecule has 0 radical (unpaired) electrons. The highest BCUT2D eigenvalue weighted by atomic mass is 32.1. The minimum absolute atomic E-state index is 0.0408. The standard InChI is InChI=1S/C14H11F2N3O2S/c1-6-9(7(2)21-19-6)5-12(20)17-14-18-13-10(16)3-8(15)4-11(13)22-14/h3-4H,5H2,1-2H3,(H,17,18,20). The molecule has 1 N–H and O–H groups in total. The maximum absolute atomic E-state index is 13.6. The molecule has 0 unspecified atom stereocenters. The Morgan fingerprint density at radius 3 is 2.82 bits per heavy atom. The quantitative estimate of drug-likeness (QED) is 0.802. The largest absolute Gasteiger partial charge is 0.361 e. The molecule has 8 heteroatoms. The van der Waals surface area contributed by atoms with E-state index in [9.17, 15) is 13.6 Å². The van der Waals surface area contributed by atoms with Crippen molar-refractivity contribution in [1.82, 2.24) is 10.1 Å². The lowest BCUT2D eigenvalue weighted by Gasteiger charge is -2.00. The van der Waals surface area contributed by atoms with Gasteiger partial charge in [-0.1, -0.05) is 16.5 Å². The molecule has 2 heterocycles. The summed E-state index contributed by atoms with van der Waals surface area (Å²) >= 11 is 1.01. The second-order valence-electron chi connectivity index (χ2n) is 4.78. The van der Waals surface area contributed by atoms with E-state index < -0.39 is 11.6 Å². The normalized spacial score (nSPS) is 11.1. The summed E-state index contributed by atoms with van der Waals surface area (Å²) in [5.74, 6) is -1.18. The summed E-state index contributed by atoms with van der Waals surface area (Å²) in [5.41, 5.74) is 1.39. The van der Waals surface area contributed by atoms with Crippen molar-refractivity contribution >= 4 is 32.6 Å². The highest BCUT2D eigenvalue weighted by Gasteiger charge is 2.16. The molecular weight excluding hydrogens is 312 g/mol. The number of carbonyl (C=O) groups is 1. The third-order valence-electron chi connectivity index (χ3n) is 3.18. The van der Waals surface area contributed by atoms with Gasteiger partial charge in [0.05, 0.1) is 16.8 Å². The van der Waals surface area contributed by atoms with Crippen molar-refractivity contribution in [1.29, 1.82) is 0 Å². The summed E-state index contributed by atoms with van der Waals surface area (Å²) in [5, 5.41) is 6.57. The molecule has 0 aliphatic heterocycles. The third-order valence-corrected chi connectivity index (χ3v) is 4.10. The Morgan fingerprint density at radius 2 is 2.14 bits per heavy atom. The summed E-state index contributed by atoms with van der Waals surface area (Å²) in [7, 11) is 0. The molecule has 1 amide bonds. The number of aromatic nitrogens is 2. The van der Waals surface area contributed by atoms with E-state index in [0.717, 1.165) is 17.4 Å². The first-order valence-corrected chi connectivity index (χ1v) is 7.23. The van der Waals surface area contributed by atoms with Gasteiger partial charge in [-0.3, -0.25) is 4.79 Å². The van der Waals surface area contributed by atoms with Crippen LogP contribution < -0.4 is 5.32 Å². The second kappa shape index (κ2) is 5.45. The van der Waals surface area contributed by atoms with Gasteiger partial charge in [-0.2, -0.15) is 0 Å². The lowest BCUT2D eigenvalue weighted by molar-refractivity contribution is -0.115. The smallest absolute Gasteiger partial charge is 0.230 e. The van der Waals surface area contributed by atoms with Crippen LogP contribution in [-0.2, 0) is 11.2 Å². The van der Waals surface area contributed by atoms with Crippen molar-refractivity contribution in [2.75, 3.05) is 5.32 Å². The number of nitrogens with zero attached hydrogens (tertiary/aromatic N) is 2. The van der Waals surface area contributed by atoms with Crippen LogP contribution in [-0.4, -0.2) is 16.0 Å². The lowest BCUT2D eigenvalue weighted by Crippen LogP contribution is -2.15. The molecule has 0 saturated carbocycles.